The molecule has 1 rings (SSSR count). The highest BCUT2D eigenvalue weighted by molar-refractivity contribution is 5.93. The van der Waals surface area contributed by atoms with E-state index in [9.17, 15) is 9.59 Å². The van der Waals surface area contributed by atoms with Crippen molar-refractivity contribution in [2.75, 3.05) is 0 Å². The Bertz CT molecular complexity index is 367. The van der Waals surface area contributed by atoms with E-state index in [1.165, 1.54) is 12.4 Å². The number of aliphatic carboxylic acids is 1. The van der Waals surface area contributed by atoms with Crippen LogP contribution in [0.1, 0.15) is 30.1 Å². The van der Waals surface area contributed by atoms with Crippen LogP contribution in [0.15, 0.2) is 18.5 Å². The number of aromatic nitrogens is 2. The maximum Gasteiger partial charge on any atom is 0.303 e. The zero-order chi connectivity index (χ0) is 12.0. The number of nitrogens with one attached hydrogen (secondary N) is 1. The first kappa shape index (κ1) is 12.1. The lowest BCUT2D eigenvalue weighted by molar-refractivity contribution is -0.137. The molecule has 1 amide bonds. The predicted octanol–water partition coefficient (Wildman–Crippen LogP) is 0.460. The fraction of sp³-hybridized carbons (Fsp3) is 0.400. The molecule has 1 atom stereocenters. The highest BCUT2D eigenvalue weighted by atomic mass is 16.4. The van der Waals surface area contributed by atoms with E-state index in [0.717, 1.165) is 0 Å². The number of hydrogen-bond acceptors (Lipinski definition) is 4. The summed E-state index contributed by atoms with van der Waals surface area (Å²) in [7, 11) is 0. The molecule has 16 heavy (non-hydrogen) atoms. The Morgan fingerprint density at radius 1 is 1.50 bits per heavy atom. The van der Waals surface area contributed by atoms with Crippen LogP contribution in [0.2, 0.25) is 0 Å². The summed E-state index contributed by atoms with van der Waals surface area (Å²) in [5.74, 6) is -1.14. The number of carbonyl (C=O) groups is 2. The van der Waals surface area contributed by atoms with Crippen molar-refractivity contribution >= 4 is 11.9 Å². The summed E-state index contributed by atoms with van der Waals surface area (Å²) in [6.07, 6.45) is 3.23. The first-order valence-corrected chi connectivity index (χ1v) is 4.89. The molecule has 0 radical (unpaired) electrons. The molecule has 0 aliphatic heterocycles. The summed E-state index contributed by atoms with van der Waals surface area (Å²) in [4.78, 5) is 21.9. The summed E-state index contributed by atoms with van der Waals surface area (Å²) in [6, 6.07) is 1.36. The lowest BCUT2D eigenvalue weighted by Crippen LogP contribution is -2.33. The Kier molecular flexibility index (Phi) is 4.38. The van der Waals surface area contributed by atoms with Crippen molar-refractivity contribution in [2.45, 2.75) is 25.8 Å². The van der Waals surface area contributed by atoms with Crippen molar-refractivity contribution in [1.29, 1.82) is 0 Å². The summed E-state index contributed by atoms with van der Waals surface area (Å²) in [5, 5.41) is 18.3. The molecular formula is C10H13N3O3. The van der Waals surface area contributed by atoms with Crippen molar-refractivity contribution in [1.82, 2.24) is 15.5 Å². The van der Waals surface area contributed by atoms with Crippen LogP contribution in [0.5, 0.6) is 0 Å². The Labute approximate surface area is 92.7 Å². The third-order valence-electron chi connectivity index (χ3n) is 2.02. The highest BCUT2D eigenvalue weighted by Gasteiger charge is 2.10. The standard InChI is InChI=1S/C10H13N3O3/c1-7(2-3-9(14)15)13-10(16)8-4-5-11-12-6-8/h4-7H,2-3H2,1H3,(H,13,16)(H,14,15). The third kappa shape index (κ3) is 4.04. The van der Waals surface area contributed by atoms with E-state index in [2.05, 4.69) is 15.5 Å². The van der Waals surface area contributed by atoms with Gasteiger partial charge in [0.1, 0.15) is 0 Å². The minimum Gasteiger partial charge on any atom is -0.481 e. The molecule has 0 saturated heterocycles. The SMILES string of the molecule is CC(CCC(=O)O)NC(=O)c1ccnnc1. The Morgan fingerprint density at radius 3 is 2.81 bits per heavy atom. The smallest absolute Gasteiger partial charge is 0.303 e. The van der Waals surface area contributed by atoms with Gasteiger partial charge in [0.05, 0.1) is 18.0 Å². The molecule has 1 unspecified atom stereocenters. The number of amides is 1. The fourth-order valence-corrected chi connectivity index (χ4v) is 1.14. The van der Waals surface area contributed by atoms with Crippen molar-refractivity contribution in [3.63, 3.8) is 0 Å². The molecule has 0 fully saturated rings. The van der Waals surface area contributed by atoms with Gasteiger partial charge in [0.15, 0.2) is 0 Å². The molecule has 1 aromatic rings. The number of hydrogen-bond donors (Lipinski definition) is 2. The van der Waals surface area contributed by atoms with E-state index >= 15 is 0 Å². The molecule has 0 aromatic carbocycles. The van der Waals surface area contributed by atoms with E-state index in [1.54, 1.807) is 13.0 Å². The molecule has 0 aliphatic rings. The molecule has 6 heteroatoms. The van der Waals surface area contributed by atoms with Crippen molar-refractivity contribution < 1.29 is 14.7 Å². The van der Waals surface area contributed by atoms with Crippen molar-refractivity contribution in [3.05, 3.63) is 24.0 Å². The quantitative estimate of drug-likeness (QED) is 0.756. The van der Waals surface area contributed by atoms with Gasteiger partial charge in [-0.25, -0.2) is 0 Å². The lowest BCUT2D eigenvalue weighted by atomic mass is 10.1. The van der Waals surface area contributed by atoms with Gasteiger partial charge in [0, 0.05) is 12.5 Å². The lowest BCUT2D eigenvalue weighted by Gasteiger charge is -2.12. The first-order chi connectivity index (χ1) is 7.59. The van der Waals surface area contributed by atoms with E-state index in [1.807, 2.05) is 0 Å². The second kappa shape index (κ2) is 5.79. The van der Waals surface area contributed by atoms with Crippen LogP contribution >= 0.6 is 0 Å². The monoisotopic (exact) mass is 223 g/mol. The first-order valence-electron chi connectivity index (χ1n) is 4.89. The summed E-state index contributed by atoms with van der Waals surface area (Å²) >= 11 is 0. The largest absolute Gasteiger partial charge is 0.481 e. The zero-order valence-corrected chi connectivity index (χ0v) is 8.88. The number of nitrogens with zero attached hydrogens (tertiary/aromatic N) is 2. The van der Waals surface area contributed by atoms with Crippen LogP contribution in [0.4, 0.5) is 0 Å². The number of carboxylic acids is 1. The third-order valence-corrected chi connectivity index (χ3v) is 2.02. The number of carbonyl (C=O) groups excluding carboxylic acids is 1. The fourth-order valence-electron chi connectivity index (χ4n) is 1.14. The van der Waals surface area contributed by atoms with Gasteiger partial charge < -0.3 is 10.4 Å². The van der Waals surface area contributed by atoms with Gasteiger partial charge in [-0.2, -0.15) is 10.2 Å². The Morgan fingerprint density at radius 2 is 2.25 bits per heavy atom. The van der Waals surface area contributed by atoms with Gasteiger partial charge in [-0.05, 0) is 19.4 Å². The van der Waals surface area contributed by atoms with Gasteiger partial charge >= 0.3 is 5.97 Å². The molecule has 0 aliphatic carbocycles. The molecule has 0 saturated carbocycles. The highest BCUT2D eigenvalue weighted by Crippen LogP contribution is 1.99. The number of carboxylic acid groups (broad SMARTS) is 1. The zero-order valence-electron chi connectivity index (χ0n) is 8.88. The van der Waals surface area contributed by atoms with Crippen LogP contribution < -0.4 is 5.32 Å². The molecule has 1 aromatic heterocycles. The van der Waals surface area contributed by atoms with E-state index < -0.39 is 5.97 Å². The second-order valence-corrected chi connectivity index (χ2v) is 3.44. The van der Waals surface area contributed by atoms with Gasteiger partial charge in [0.25, 0.3) is 5.91 Å². The Hall–Kier alpha value is -1.98. The molecular weight excluding hydrogens is 210 g/mol. The molecule has 6 nitrogen and oxygen atoms in total. The minimum atomic E-state index is -0.869. The topological polar surface area (TPSA) is 92.2 Å². The maximum absolute atomic E-state index is 11.6. The van der Waals surface area contributed by atoms with Gasteiger partial charge in [-0.15, -0.1) is 0 Å². The minimum absolute atomic E-state index is 0.0377. The van der Waals surface area contributed by atoms with Gasteiger partial charge in [-0.3, -0.25) is 9.59 Å². The van der Waals surface area contributed by atoms with E-state index in [-0.39, 0.29) is 18.4 Å². The molecule has 1 heterocycles. The number of rotatable bonds is 5. The average Bonchev–Trinajstić information content (AvgIpc) is 2.27. The van der Waals surface area contributed by atoms with Crippen molar-refractivity contribution in [3.8, 4) is 0 Å². The van der Waals surface area contributed by atoms with Crippen LogP contribution in [0.3, 0.4) is 0 Å². The van der Waals surface area contributed by atoms with Crippen LogP contribution in [-0.4, -0.2) is 33.2 Å². The molecule has 0 spiro atoms. The van der Waals surface area contributed by atoms with E-state index in [0.29, 0.717) is 12.0 Å². The van der Waals surface area contributed by atoms with Crippen LogP contribution in [0, 0.1) is 0 Å². The predicted molar refractivity (Wildman–Crippen MR) is 55.8 cm³/mol. The molecule has 2 N–H and O–H groups in total. The van der Waals surface area contributed by atoms with E-state index in [4.69, 9.17) is 5.11 Å². The summed E-state index contributed by atoms with van der Waals surface area (Å²) < 4.78 is 0. The summed E-state index contributed by atoms with van der Waals surface area (Å²) in [5.41, 5.74) is 0.414. The Balaban J connectivity index is 2.43. The maximum atomic E-state index is 11.6. The average molecular weight is 223 g/mol. The van der Waals surface area contributed by atoms with Gasteiger partial charge in [-0.1, -0.05) is 0 Å². The second-order valence-electron chi connectivity index (χ2n) is 3.44. The van der Waals surface area contributed by atoms with Crippen LogP contribution in [0.25, 0.3) is 0 Å². The van der Waals surface area contributed by atoms with Crippen molar-refractivity contribution in [2.24, 2.45) is 0 Å². The summed E-state index contributed by atoms with van der Waals surface area (Å²) in [6.45, 7) is 1.76. The van der Waals surface area contributed by atoms with Crippen LogP contribution in [-0.2, 0) is 4.79 Å². The normalized spacial score (nSPS) is 11.8. The van der Waals surface area contributed by atoms with Gasteiger partial charge in [0.2, 0.25) is 0 Å². The molecule has 0 bridgehead atoms. The molecule has 86 valence electrons.